The minimum atomic E-state index is -0.104. The third-order valence-corrected chi connectivity index (χ3v) is 3.88. The number of anilines is 1. The van der Waals surface area contributed by atoms with Gasteiger partial charge in [-0.15, -0.1) is 0 Å². The van der Waals surface area contributed by atoms with E-state index in [-0.39, 0.29) is 11.9 Å². The topological polar surface area (TPSA) is 32.7 Å². The van der Waals surface area contributed by atoms with Gasteiger partial charge in [-0.3, -0.25) is 4.79 Å². The van der Waals surface area contributed by atoms with E-state index < -0.39 is 0 Å². The number of fused-ring (bicyclic) bond motifs is 1. The van der Waals surface area contributed by atoms with Crippen molar-refractivity contribution in [3.63, 3.8) is 0 Å². The van der Waals surface area contributed by atoms with E-state index in [1.165, 1.54) is 0 Å². The number of rotatable bonds is 2. The van der Waals surface area contributed by atoms with Crippen molar-refractivity contribution < 1.29 is 4.79 Å². The van der Waals surface area contributed by atoms with Crippen LogP contribution in [0.2, 0.25) is 10.0 Å². The normalized spacial score (nSPS) is 15.8. The Morgan fingerprint density at radius 2 is 1.68 bits per heavy atom. The fraction of sp³-hybridized carbons (Fsp3) is 0.176. The molecule has 0 bridgehead atoms. The largest absolute Gasteiger partial charge is 0.304 e. The van der Waals surface area contributed by atoms with E-state index in [4.69, 9.17) is 23.2 Å². The second kappa shape index (κ2) is 5.75. The molecule has 0 saturated heterocycles. The van der Waals surface area contributed by atoms with Crippen molar-refractivity contribution in [2.75, 3.05) is 4.90 Å². The number of nitrogens with zero attached hydrogens (tertiary/aromatic N) is 2. The van der Waals surface area contributed by atoms with Crippen LogP contribution >= 0.6 is 23.2 Å². The molecule has 0 aliphatic carbocycles. The van der Waals surface area contributed by atoms with E-state index >= 15 is 0 Å². The number of benzene rings is 2. The van der Waals surface area contributed by atoms with E-state index in [1.54, 1.807) is 23.1 Å². The number of halogens is 2. The van der Waals surface area contributed by atoms with Crippen LogP contribution in [0, 0.1) is 0 Å². The third-order valence-electron chi connectivity index (χ3n) is 3.44. The van der Waals surface area contributed by atoms with Gasteiger partial charge in [0.05, 0.1) is 11.4 Å². The summed E-state index contributed by atoms with van der Waals surface area (Å²) in [5.74, 6) is -0.104. The first-order chi connectivity index (χ1) is 10.5. The second-order valence-electron chi connectivity index (χ2n) is 5.37. The van der Waals surface area contributed by atoms with Gasteiger partial charge in [-0.1, -0.05) is 41.4 Å². The maximum absolute atomic E-state index is 12.7. The maximum atomic E-state index is 12.7. The average molecular weight is 333 g/mol. The van der Waals surface area contributed by atoms with Gasteiger partial charge in [-0.05, 0) is 38.1 Å². The summed E-state index contributed by atoms with van der Waals surface area (Å²) in [5, 5.41) is 0.984. The molecule has 22 heavy (non-hydrogen) atoms. The number of para-hydroxylation sites is 1. The lowest BCUT2D eigenvalue weighted by atomic mass is 10.1. The summed E-state index contributed by atoms with van der Waals surface area (Å²) < 4.78 is 0. The zero-order valence-electron chi connectivity index (χ0n) is 12.2. The fourth-order valence-corrected chi connectivity index (χ4v) is 3.09. The molecule has 0 aromatic heterocycles. The molecular formula is C17H14Cl2N2O. The predicted molar refractivity (Wildman–Crippen MR) is 91.7 cm³/mol. The number of hydrogen-bond acceptors (Lipinski definition) is 2. The summed E-state index contributed by atoms with van der Waals surface area (Å²) >= 11 is 12.0. The van der Waals surface area contributed by atoms with Gasteiger partial charge in [0.1, 0.15) is 5.71 Å². The molecule has 3 rings (SSSR count). The van der Waals surface area contributed by atoms with Crippen molar-refractivity contribution in [2.24, 2.45) is 4.99 Å². The van der Waals surface area contributed by atoms with Crippen LogP contribution in [0.25, 0.3) is 0 Å². The van der Waals surface area contributed by atoms with Gasteiger partial charge in [0.2, 0.25) is 0 Å². The highest BCUT2D eigenvalue weighted by Gasteiger charge is 2.35. The lowest BCUT2D eigenvalue weighted by Gasteiger charge is -2.20. The van der Waals surface area contributed by atoms with Crippen molar-refractivity contribution in [3.05, 3.63) is 58.1 Å². The summed E-state index contributed by atoms with van der Waals surface area (Å²) in [6.45, 7) is 3.96. The molecule has 0 unspecified atom stereocenters. The molecule has 5 heteroatoms. The van der Waals surface area contributed by atoms with Crippen LogP contribution in [0.1, 0.15) is 19.4 Å². The standard InChI is InChI=1S/C17H14Cl2N2O/c1-10(2)21-15-6-4-3-5-14(15)16(17(21)22)20-13-8-11(18)7-12(19)9-13/h3-10H,1-2H3. The molecule has 1 aliphatic rings. The van der Waals surface area contributed by atoms with Crippen molar-refractivity contribution in [3.8, 4) is 0 Å². The van der Waals surface area contributed by atoms with E-state index in [0.29, 0.717) is 21.4 Å². The number of carbonyl (C=O) groups is 1. The Morgan fingerprint density at radius 3 is 2.32 bits per heavy atom. The monoisotopic (exact) mass is 332 g/mol. The smallest absolute Gasteiger partial charge is 0.277 e. The molecule has 2 aromatic carbocycles. The highest BCUT2D eigenvalue weighted by molar-refractivity contribution is 6.54. The van der Waals surface area contributed by atoms with Crippen molar-refractivity contribution in [1.29, 1.82) is 0 Å². The molecule has 1 amide bonds. The van der Waals surface area contributed by atoms with Crippen molar-refractivity contribution in [2.45, 2.75) is 19.9 Å². The Bertz CT molecular complexity index is 764. The Labute approximate surface area is 139 Å². The zero-order chi connectivity index (χ0) is 15.9. The van der Waals surface area contributed by atoms with Gasteiger partial charge in [-0.25, -0.2) is 4.99 Å². The highest BCUT2D eigenvalue weighted by Crippen LogP contribution is 2.33. The van der Waals surface area contributed by atoms with Gasteiger partial charge in [0, 0.05) is 21.7 Å². The lowest BCUT2D eigenvalue weighted by molar-refractivity contribution is -0.112. The number of hydrogen-bond donors (Lipinski definition) is 0. The molecule has 0 fully saturated rings. The van der Waals surface area contributed by atoms with Crippen molar-refractivity contribution >= 4 is 46.2 Å². The lowest BCUT2D eigenvalue weighted by Crippen LogP contribution is -2.35. The van der Waals surface area contributed by atoms with Crippen molar-refractivity contribution in [1.82, 2.24) is 0 Å². The summed E-state index contributed by atoms with van der Waals surface area (Å²) in [4.78, 5) is 18.9. The van der Waals surface area contributed by atoms with Crippen LogP contribution < -0.4 is 4.90 Å². The number of carbonyl (C=O) groups excluding carboxylic acids is 1. The predicted octanol–water partition coefficient (Wildman–Crippen LogP) is 4.87. The third kappa shape index (κ3) is 2.62. The maximum Gasteiger partial charge on any atom is 0.277 e. The van der Waals surface area contributed by atoms with Gasteiger partial charge in [0.15, 0.2) is 0 Å². The van der Waals surface area contributed by atoms with Crippen LogP contribution in [0.4, 0.5) is 11.4 Å². The number of aliphatic imine (C=N–C) groups is 1. The van der Waals surface area contributed by atoms with E-state index in [2.05, 4.69) is 4.99 Å². The average Bonchev–Trinajstić information content (AvgIpc) is 2.71. The molecular weight excluding hydrogens is 319 g/mol. The summed E-state index contributed by atoms with van der Waals surface area (Å²) in [7, 11) is 0. The molecule has 0 spiro atoms. The first-order valence-electron chi connectivity index (χ1n) is 6.95. The molecule has 1 heterocycles. The SMILES string of the molecule is CC(C)N1C(=O)C(=Nc2cc(Cl)cc(Cl)c2)c2ccccc21. The minimum absolute atomic E-state index is 0.0595. The van der Waals surface area contributed by atoms with E-state index in [0.717, 1.165) is 11.3 Å². The van der Waals surface area contributed by atoms with Gasteiger partial charge >= 0.3 is 0 Å². The highest BCUT2D eigenvalue weighted by atomic mass is 35.5. The van der Waals surface area contributed by atoms with Gasteiger partial charge in [-0.2, -0.15) is 0 Å². The van der Waals surface area contributed by atoms with Gasteiger partial charge in [0.25, 0.3) is 5.91 Å². The molecule has 0 radical (unpaired) electrons. The minimum Gasteiger partial charge on any atom is -0.304 e. The van der Waals surface area contributed by atoms with Crippen LogP contribution in [-0.2, 0) is 4.79 Å². The summed E-state index contributed by atoms with van der Waals surface area (Å²) in [6.07, 6.45) is 0. The molecule has 0 N–H and O–H groups in total. The second-order valence-corrected chi connectivity index (χ2v) is 6.25. The molecule has 112 valence electrons. The number of amides is 1. The van der Waals surface area contributed by atoms with Crippen LogP contribution in [0.15, 0.2) is 47.5 Å². The fourth-order valence-electron chi connectivity index (χ4n) is 2.58. The first-order valence-corrected chi connectivity index (χ1v) is 7.70. The summed E-state index contributed by atoms with van der Waals surface area (Å²) in [5.41, 5.74) is 2.70. The Kier molecular flexibility index (Phi) is 3.94. The molecule has 0 saturated carbocycles. The van der Waals surface area contributed by atoms with E-state index in [1.807, 2.05) is 38.1 Å². The molecule has 3 nitrogen and oxygen atoms in total. The quantitative estimate of drug-likeness (QED) is 0.772. The van der Waals surface area contributed by atoms with Crippen LogP contribution in [0.5, 0.6) is 0 Å². The Hall–Kier alpha value is -1.84. The van der Waals surface area contributed by atoms with E-state index in [9.17, 15) is 4.79 Å². The molecule has 1 aliphatic heterocycles. The summed E-state index contributed by atoms with van der Waals surface area (Å²) in [6, 6.07) is 12.7. The van der Waals surface area contributed by atoms with Crippen LogP contribution in [0.3, 0.4) is 0 Å². The molecule has 2 aromatic rings. The van der Waals surface area contributed by atoms with Gasteiger partial charge < -0.3 is 4.90 Å². The Morgan fingerprint density at radius 1 is 1.05 bits per heavy atom. The first kappa shape index (κ1) is 15.1. The zero-order valence-corrected chi connectivity index (χ0v) is 13.7. The Balaban J connectivity index is 2.15. The molecule has 0 atom stereocenters. The van der Waals surface area contributed by atoms with Crippen LogP contribution in [-0.4, -0.2) is 17.7 Å².